The fourth-order valence-corrected chi connectivity index (χ4v) is 4.48. The maximum absolute atomic E-state index is 10.0. The van der Waals surface area contributed by atoms with Gasteiger partial charge in [-0.25, -0.2) is 4.98 Å². The molecular weight excluding hydrogens is 488 g/mol. The molecule has 0 unspecified atom stereocenters. The van der Waals surface area contributed by atoms with Crippen LogP contribution in [0, 0.1) is 11.3 Å². The molecule has 0 aliphatic rings. The summed E-state index contributed by atoms with van der Waals surface area (Å²) in [6.45, 7) is 2.21. The first-order chi connectivity index (χ1) is 15.5. The third-order valence-electron chi connectivity index (χ3n) is 4.82. The number of methoxy groups -OCH3 is 1. The van der Waals surface area contributed by atoms with E-state index < -0.39 is 0 Å². The highest BCUT2D eigenvalue weighted by Crippen LogP contribution is 2.43. The van der Waals surface area contributed by atoms with E-state index in [-0.39, 0.29) is 11.7 Å². The number of hydrogen-bond donors (Lipinski definition) is 1. The van der Waals surface area contributed by atoms with Crippen LogP contribution in [0.4, 0.5) is 5.82 Å². The highest BCUT2D eigenvalue weighted by atomic mass is 79.9. The van der Waals surface area contributed by atoms with Crippen LogP contribution >= 0.6 is 27.3 Å². The molecule has 160 valence electrons. The average molecular weight is 507 g/mol. The van der Waals surface area contributed by atoms with Crippen molar-refractivity contribution in [1.82, 2.24) is 9.97 Å². The predicted octanol–water partition coefficient (Wildman–Crippen LogP) is 6.16. The second-order valence-electron chi connectivity index (χ2n) is 6.75. The van der Waals surface area contributed by atoms with Crippen LogP contribution in [-0.4, -0.2) is 23.7 Å². The lowest BCUT2D eigenvalue weighted by atomic mass is 9.96. The van der Waals surface area contributed by atoms with E-state index in [0.29, 0.717) is 34.1 Å². The lowest BCUT2D eigenvalue weighted by Gasteiger charge is -2.16. The number of halogens is 1. The number of benzene rings is 2. The van der Waals surface area contributed by atoms with Gasteiger partial charge in [0.25, 0.3) is 0 Å². The van der Waals surface area contributed by atoms with Gasteiger partial charge < -0.3 is 15.2 Å². The Morgan fingerprint density at radius 3 is 2.34 bits per heavy atom. The molecule has 0 fully saturated rings. The summed E-state index contributed by atoms with van der Waals surface area (Å²) < 4.78 is 11.9. The molecule has 4 aromatic rings. The number of nitrogens with zero attached hydrogens (tertiary/aromatic N) is 3. The van der Waals surface area contributed by atoms with Crippen molar-refractivity contribution in [3.63, 3.8) is 0 Å². The van der Waals surface area contributed by atoms with Crippen LogP contribution in [0.2, 0.25) is 0 Å². The van der Waals surface area contributed by atoms with Gasteiger partial charge in [-0.2, -0.15) is 10.2 Å². The van der Waals surface area contributed by atoms with E-state index in [1.165, 1.54) is 11.3 Å². The topological polar surface area (TPSA) is 94.1 Å². The molecule has 0 aliphatic carbocycles. The van der Waals surface area contributed by atoms with E-state index in [0.717, 1.165) is 21.3 Å². The van der Waals surface area contributed by atoms with E-state index in [9.17, 15) is 5.26 Å². The molecule has 8 heteroatoms. The third kappa shape index (κ3) is 4.17. The van der Waals surface area contributed by atoms with Crippen LogP contribution < -0.4 is 15.2 Å². The summed E-state index contributed by atoms with van der Waals surface area (Å²) in [5.74, 6) is 1.19. The van der Waals surface area contributed by atoms with Crippen LogP contribution in [-0.2, 0) is 0 Å². The molecule has 2 aromatic carbocycles. The predicted molar refractivity (Wildman–Crippen MR) is 131 cm³/mol. The van der Waals surface area contributed by atoms with Crippen LogP contribution in [0.3, 0.4) is 0 Å². The van der Waals surface area contributed by atoms with Gasteiger partial charge in [-0.3, -0.25) is 0 Å². The number of nitrogens with two attached hydrogens (primary N) is 1. The Balaban J connectivity index is 1.93. The minimum Gasteiger partial charge on any atom is -0.497 e. The van der Waals surface area contributed by atoms with Gasteiger partial charge in [-0.05, 0) is 36.8 Å². The SMILES string of the molecule is CCOc1nc(N)c(-c2nc(-c3ccc(Br)cc3)cs2)c(-c2ccc(OC)cc2)c1C#N. The number of pyridine rings is 1. The molecule has 0 saturated carbocycles. The summed E-state index contributed by atoms with van der Waals surface area (Å²) >= 11 is 4.91. The van der Waals surface area contributed by atoms with Gasteiger partial charge in [-0.1, -0.05) is 40.2 Å². The number of nitriles is 1. The molecule has 0 radical (unpaired) electrons. The zero-order valence-electron chi connectivity index (χ0n) is 17.4. The van der Waals surface area contributed by atoms with Crippen LogP contribution in [0.15, 0.2) is 58.4 Å². The van der Waals surface area contributed by atoms with Crippen molar-refractivity contribution in [2.75, 3.05) is 19.5 Å². The van der Waals surface area contributed by atoms with E-state index >= 15 is 0 Å². The van der Waals surface area contributed by atoms with Gasteiger partial charge in [0, 0.05) is 21.0 Å². The highest BCUT2D eigenvalue weighted by Gasteiger charge is 2.24. The number of ether oxygens (including phenoxy) is 2. The summed E-state index contributed by atoms with van der Waals surface area (Å²) in [5.41, 5.74) is 10.6. The van der Waals surface area contributed by atoms with Gasteiger partial charge >= 0.3 is 0 Å². The number of anilines is 1. The van der Waals surface area contributed by atoms with Gasteiger partial charge in [0.05, 0.1) is 25.0 Å². The summed E-state index contributed by atoms with van der Waals surface area (Å²) in [6, 6.07) is 17.6. The van der Waals surface area contributed by atoms with Gasteiger partial charge in [0.2, 0.25) is 5.88 Å². The molecule has 0 aliphatic heterocycles. The Morgan fingerprint density at radius 2 is 1.72 bits per heavy atom. The van der Waals surface area contributed by atoms with Gasteiger partial charge in [0.15, 0.2) is 0 Å². The molecule has 0 saturated heterocycles. The van der Waals surface area contributed by atoms with Crippen molar-refractivity contribution in [2.45, 2.75) is 6.92 Å². The summed E-state index contributed by atoms with van der Waals surface area (Å²) in [7, 11) is 1.61. The monoisotopic (exact) mass is 506 g/mol. The summed E-state index contributed by atoms with van der Waals surface area (Å²) in [4.78, 5) is 9.21. The van der Waals surface area contributed by atoms with Crippen molar-refractivity contribution in [3.8, 4) is 50.7 Å². The van der Waals surface area contributed by atoms with Crippen molar-refractivity contribution in [1.29, 1.82) is 5.26 Å². The quantitative estimate of drug-likeness (QED) is 0.336. The van der Waals surface area contributed by atoms with Crippen molar-refractivity contribution >= 4 is 33.1 Å². The second kappa shape index (κ2) is 9.39. The molecular formula is C24H19BrN4O2S. The first-order valence-electron chi connectivity index (χ1n) is 9.78. The summed E-state index contributed by atoms with van der Waals surface area (Å²) in [6.07, 6.45) is 0. The second-order valence-corrected chi connectivity index (χ2v) is 8.52. The Morgan fingerprint density at radius 1 is 1.03 bits per heavy atom. The molecule has 32 heavy (non-hydrogen) atoms. The Labute approximate surface area is 198 Å². The molecule has 0 amide bonds. The largest absolute Gasteiger partial charge is 0.497 e. The van der Waals surface area contributed by atoms with E-state index in [2.05, 4.69) is 27.0 Å². The van der Waals surface area contributed by atoms with E-state index in [4.69, 9.17) is 20.2 Å². The van der Waals surface area contributed by atoms with Crippen molar-refractivity contribution in [2.24, 2.45) is 0 Å². The van der Waals surface area contributed by atoms with Crippen LogP contribution in [0.5, 0.6) is 11.6 Å². The standard InChI is InChI=1S/C24H19BrN4O2S/c1-3-31-23-18(12-26)20(15-6-10-17(30-2)11-7-15)21(22(27)29-23)24-28-19(13-32-24)14-4-8-16(25)9-5-14/h4-11,13H,3H2,1-2H3,(H2,27,29). The Bertz CT molecular complexity index is 1300. The van der Waals surface area contributed by atoms with Crippen molar-refractivity contribution in [3.05, 3.63) is 63.9 Å². The number of hydrogen-bond acceptors (Lipinski definition) is 7. The molecule has 6 nitrogen and oxygen atoms in total. The fourth-order valence-electron chi connectivity index (χ4n) is 3.33. The van der Waals surface area contributed by atoms with Crippen LogP contribution in [0.1, 0.15) is 12.5 Å². The zero-order valence-corrected chi connectivity index (χ0v) is 19.8. The van der Waals surface area contributed by atoms with E-state index in [1.807, 2.05) is 60.8 Å². The van der Waals surface area contributed by atoms with E-state index in [1.54, 1.807) is 7.11 Å². The minimum absolute atomic E-state index is 0.215. The number of nitrogen functional groups attached to an aromatic ring is 1. The van der Waals surface area contributed by atoms with Crippen molar-refractivity contribution < 1.29 is 9.47 Å². The number of thiazole rings is 1. The molecule has 2 aromatic heterocycles. The fraction of sp³-hybridized carbons (Fsp3) is 0.125. The third-order valence-corrected chi connectivity index (χ3v) is 6.21. The zero-order chi connectivity index (χ0) is 22.7. The Hall–Kier alpha value is -3.41. The molecule has 0 spiro atoms. The van der Waals surface area contributed by atoms with Gasteiger partial charge in [-0.15, -0.1) is 11.3 Å². The van der Waals surface area contributed by atoms with Crippen LogP contribution in [0.25, 0.3) is 33.0 Å². The smallest absolute Gasteiger partial charge is 0.234 e. The van der Waals surface area contributed by atoms with Gasteiger partial charge in [0.1, 0.15) is 28.2 Å². The molecule has 2 N–H and O–H groups in total. The summed E-state index contributed by atoms with van der Waals surface area (Å²) in [5, 5.41) is 12.7. The minimum atomic E-state index is 0.215. The lowest BCUT2D eigenvalue weighted by Crippen LogP contribution is -2.05. The maximum Gasteiger partial charge on any atom is 0.234 e. The number of rotatable bonds is 6. The Kier molecular flexibility index (Phi) is 6.40. The normalized spacial score (nSPS) is 10.6. The molecule has 0 atom stereocenters. The lowest BCUT2D eigenvalue weighted by molar-refractivity contribution is 0.326. The molecule has 2 heterocycles. The molecule has 4 rings (SSSR count). The number of aromatic nitrogens is 2. The first-order valence-corrected chi connectivity index (χ1v) is 11.5. The highest BCUT2D eigenvalue weighted by molar-refractivity contribution is 9.10. The first kappa shape index (κ1) is 21.8. The average Bonchev–Trinajstić information content (AvgIpc) is 3.29. The maximum atomic E-state index is 10.0. The molecule has 0 bridgehead atoms.